The summed E-state index contributed by atoms with van der Waals surface area (Å²) >= 11 is 1.95. The average molecular weight is 761 g/mol. The average Bonchev–Trinajstić information content (AvgIpc) is 3.66. The molecule has 1 fully saturated rings. The molecule has 4 aliphatic rings. The Labute approximate surface area is 343 Å². The van der Waals surface area contributed by atoms with Crippen LogP contribution in [0.1, 0.15) is 103 Å². The van der Waals surface area contributed by atoms with Crippen LogP contribution in [0.5, 0.6) is 0 Å². The molecule has 3 aliphatic heterocycles. The van der Waals surface area contributed by atoms with Crippen molar-refractivity contribution in [3.8, 4) is 11.1 Å². The van der Waals surface area contributed by atoms with Gasteiger partial charge >= 0.3 is 0 Å². The lowest BCUT2D eigenvalue weighted by atomic mass is 9.32. The molecule has 4 heteroatoms. The Bertz CT molecular complexity index is 2840. The zero-order valence-electron chi connectivity index (χ0n) is 35.1. The van der Waals surface area contributed by atoms with Gasteiger partial charge in [-0.2, -0.15) is 0 Å². The lowest BCUT2D eigenvalue weighted by Crippen LogP contribution is -2.64. The molecule has 0 saturated heterocycles. The van der Waals surface area contributed by atoms with Gasteiger partial charge in [-0.3, -0.25) is 0 Å². The third-order valence-corrected chi connectivity index (χ3v) is 15.9. The minimum atomic E-state index is -0.0267. The van der Waals surface area contributed by atoms with Crippen LogP contribution in [-0.2, 0) is 16.2 Å². The highest BCUT2D eigenvalue weighted by Crippen LogP contribution is 2.62. The first-order valence-electron chi connectivity index (χ1n) is 21.3. The summed E-state index contributed by atoms with van der Waals surface area (Å²) in [6.45, 7) is 21.9. The third kappa shape index (κ3) is 4.71. The van der Waals surface area contributed by atoms with E-state index in [0.717, 1.165) is 0 Å². The number of rotatable bonds is 2. The normalized spacial score (nSPS) is 20.8. The van der Waals surface area contributed by atoms with Gasteiger partial charge in [-0.1, -0.05) is 128 Å². The van der Waals surface area contributed by atoms with Gasteiger partial charge in [-0.05, 0) is 135 Å². The maximum atomic E-state index is 2.89. The summed E-state index contributed by atoms with van der Waals surface area (Å²) in [7, 11) is 0. The summed E-state index contributed by atoms with van der Waals surface area (Å²) in [5, 5.41) is 2.79. The quantitative estimate of drug-likeness (QED) is 0.162. The number of hydrogen-bond acceptors (Lipinski definition) is 3. The molecular formula is C53H53BN2S. The van der Waals surface area contributed by atoms with E-state index in [1.54, 1.807) is 5.56 Å². The van der Waals surface area contributed by atoms with E-state index in [-0.39, 0.29) is 28.5 Å². The first-order valence-corrected chi connectivity index (χ1v) is 22.1. The molecule has 1 saturated carbocycles. The van der Waals surface area contributed by atoms with E-state index in [1.807, 2.05) is 11.3 Å². The van der Waals surface area contributed by atoms with Crippen LogP contribution in [0.15, 0.2) is 109 Å². The molecule has 1 aromatic heterocycles. The van der Waals surface area contributed by atoms with Crippen molar-refractivity contribution in [2.45, 2.75) is 110 Å². The molecule has 0 N–H and O–H groups in total. The van der Waals surface area contributed by atoms with Crippen molar-refractivity contribution in [1.29, 1.82) is 0 Å². The van der Waals surface area contributed by atoms with Crippen LogP contribution in [0.3, 0.4) is 0 Å². The summed E-state index contributed by atoms with van der Waals surface area (Å²) in [4.78, 5) is 5.57. The van der Waals surface area contributed by atoms with Crippen molar-refractivity contribution in [2.75, 3.05) is 9.80 Å². The number of thiophene rings is 1. The minimum Gasteiger partial charge on any atom is -0.335 e. The van der Waals surface area contributed by atoms with E-state index in [4.69, 9.17) is 0 Å². The maximum Gasteiger partial charge on any atom is 0.253 e. The fourth-order valence-electron chi connectivity index (χ4n) is 11.5. The molecule has 2 unspecified atom stereocenters. The van der Waals surface area contributed by atoms with E-state index in [0.29, 0.717) is 0 Å². The fraction of sp³-hybridized carbons (Fsp3) is 0.321. The Morgan fingerprint density at radius 3 is 2.11 bits per heavy atom. The van der Waals surface area contributed by atoms with E-state index >= 15 is 0 Å². The SMILES string of the molecule is Cc1cc2c3c(c1)N1c4c(cc(C(C)(C)C)cc4C4(C)CCCCC14C)B3c1c(ccc3sc4ccccc4c13)N2c1ccc(C(C)(C)C)cc1-c1ccccc1. The van der Waals surface area contributed by atoms with Crippen LogP contribution >= 0.6 is 11.3 Å². The van der Waals surface area contributed by atoms with Crippen molar-refractivity contribution in [3.05, 3.63) is 131 Å². The van der Waals surface area contributed by atoms with E-state index < -0.39 is 0 Å². The van der Waals surface area contributed by atoms with Gasteiger partial charge in [-0.15, -0.1) is 11.3 Å². The van der Waals surface area contributed by atoms with Gasteiger partial charge in [0.15, 0.2) is 0 Å². The molecular weight excluding hydrogens is 707 g/mol. The van der Waals surface area contributed by atoms with E-state index in [9.17, 15) is 0 Å². The molecule has 2 nitrogen and oxygen atoms in total. The molecule has 2 atom stereocenters. The number of fused-ring (bicyclic) bond motifs is 11. The van der Waals surface area contributed by atoms with Gasteiger partial charge in [0.25, 0.3) is 6.71 Å². The van der Waals surface area contributed by atoms with Gasteiger partial charge < -0.3 is 9.80 Å². The van der Waals surface area contributed by atoms with E-state index in [2.05, 4.69) is 181 Å². The zero-order valence-corrected chi connectivity index (χ0v) is 35.9. The molecule has 57 heavy (non-hydrogen) atoms. The van der Waals surface area contributed by atoms with Crippen molar-refractivity contribution in [1.82, 2.24) is 0 Å². The largest absolute Gasteiger partial charge is 0.335 e. The molecule has 4 heterocycles. The number of hydrogen-bond donors (Lipinski definition) is 0. The first-order chi connectivity index (χ1) is 27.2. The fourth-order valence-corrected chi connectivity index (χ4v) is 12.6. The monoisotopic (exact) mass is 760 g/mol. The topological polar surface area (TPSA) is 6.48 Å². The van der Waals surface area contributed by atoms with E-state index in [1.165, 1.54) is 118 Å². The van der Waals surface area contributed by atoms with Crippen LogP contribution in [-0.4, -0.2) is 12.3 Å². The van der Waals surface area contributed by atoms with Gasteiger partial charge in [0.1, 0.15) is 0 Å². The molecule has 0 radical (unpaired) electrons. The predicted molar refractivity (Wildman–Crippen MR) is 249 cm³/mol. The Kier molecular flexibility index (Phi) is 7.24. The minimum absolute atomic E-state index is 0.0146. The van der Waals surface area contributed by atoms with Gasteiger partial charge in [0, 0.05) is 43.1 Å². The summed E-state index contributed by atoms with van der Waals surface area (Å²) < 4.78 is 2.73. The standard InChI is InChI=1S/C53H53BN2S/c1-32-27-42-47-43(28-32)56-49-38(52(8)25-15-16-26-53(52,56)9)30-35(51(5,6)7)31-39(49)54(47)48-41(23-24-45-46(48)36-19-13-14-20-44(36)57-45)55(42)40-22-21-34(50(2,3)4)29-37(40)33-17-11-10-12-18-33/h10-14,17-24,27-31H,15-16,25-26H2,1-9H3. The summed E-state index contributed by atoms with van der Waals surface area (Å²) in [6.07, 6.45) is 4.98. The number of nitrogens with zero attached hydrogens (tertiary/aromatic N) is 2. The highest BCUT2D eigenvalue weighted by Gasteiger charge is 2.61. The highest BCUT2D eigenvalue weighted by molar-refractivity contribution is 7.26. The molecule has 6 aromatic carbocycles. The molecule has 1 aliphatic carbocycles. The van der Waals surface area contributed by atoms with Crippen molar-refractivity contribution >= 4 is 83.0 Å². The van der Waals surface area contributed by atoms with Crippen molar-refractivity contribution in [2.24, 2.45) is 0 Å². The Balaban J connectivity index is 1.32. The molecule has 0 bridgehead atoms. The number of anilines is 5. The molecule has 284 valence electrons. The summed E-state index contributed by atoms with van der Waals surface area (Å²) in [5.74, 6) is 0. The lowest BCUT2D eigenvalue weighted by Gasteiger charge is -2.53. The second-order valence-electron chi connectivity index (χ2n) is 20.2. The third-order valence-electron chi connectivity index (χ3n) is 14.7. The Hall–Kier alpha value is -4.80. The number of aryl methyl sites for hydroxylation is 1. The maximum absolute atomic E-state index is 2.89. The zero-order chi connectivity index (χ0) is 39.4. The van der Waals surface area contributed by atoms with Crippen LogP contribution < -0.4 is 26.2 Å². The number of benzene rings is 6. The van der Waals surface area contributed by atoms with Gasteiger partial charge in [-0.25, -0.2) is 0 Å². The molecule has 0 spiro atoms. The van der Waals surface area contributed by atoms with Crippen LogP contribution in [0.2, 0.25) is 0 Å². The van der Waals surface area contributed by atoms with Crippen molar-refractivity contribution in [3.63, 3.8) is 0 Å². The molecule has 0 amide bonds. The molecule has 11 rings (SSSR count). The Morgan fingerprint density at radius 2 is 1.33 bits per heavy atom. The van der Waals surface area contributed by atoms with Crippen LogP contribution in [0.25, 0.3) is 31.3 Å². The second-order valence-corrected chi connectivity index (χ2v) is 21.2. The van der Waals surface area contributed by atoms with Crippen molar-refractivity contribution < 1.29 is 0 Å². The van der Waals surface area contributed by atoms with Crippen LogP contribution in [0.4, 0.5) is 28.4 Å². The highest BCUT2D eigenvalue weighted by atomic mass is 32.1. The lowest BCUT2D eigenvalue weighted by molar-refractivity contribution is 0.195. The predicted octanol–water partition coefficient (Wildman–Crippen LogP) is 13.0. The van der Waals surface area contributed by atoms with Crippen LogP contribution in [0, 0.1) is 6.92 Å². The summed E-state index contributed by atoms with van der Waals surface area (Å²) in [6, 6.07) is 42.8. The summed E-state index contributed by atoms with van der Waals surface area (Å²) in [5.41, 5.74) is 19.5. The Morgan fingerprint density at radius 1 is 0.632 bits per heavy atom. The van der Waals surface area contributed by atoms with Gasteiger partial charge in [0.05, 0.1) is 11.2 Å². The smallest absolute Gasteiger partial charge is 0.253 e. The second kappa shape index (κ2) is 11.7. The molecule has 7 aromatic rings. The first kappa shape index (κ1) is 35.4. The van der Waals surface area contributed by atoms with Gasteiger partial charge in [0.2, 0.25) is 0 Å².